The molecule has 1 heteroatoms. The second kappa shape index (κ2) is 8.50. The van der Waals surface area contributed by atoms with Crippen molar-refractivity contribution in [2.45, 2.75) is 0 Å². The molecule has 0 heterocycles. The Morgan fingerprint density at radius 3 is 1.36 bits per heavy atom. The number of rotatable bonds is 1. The minimum absolute atomic E-state index is 0.938. The summed E-state index contributed by atoms with van der Waals surface area (Å²) >= 11 is 0. The van der Waals surface area contributed by atoms with Gasteiger partial charge in [-0.15, -0.1) is 0 Å². The van der Waals surface area contributed by atoms with Crippen molar-refractivity contribution < 1.29 is 5.11 Å². The highest BCUT2D eigenvalue weighted by Gasteiger charge is 1.57. The van der Waals surface area contributed by atoms with Gasteiger partial charge in [-0.25, -0.2) is 0 Å². The van der Waals surface area contributed by atoms with Crippen LogP contribution in [0, 0.1) is 0 Å². The van der Waals surface area contributed by atoms with E-state index >= 15 is 0 Å². The van der Waals surface area contributed by atoms with Crippen LogP contribution in [0.15, 0.2) is 61.4 Å². The summed E-state index contributed by atoms with van der Waals surface area (Å²) in [5, 5.41) is 7.81. The van der Waals surface area contributed by atoms with Crippen LogP contribution in [0.2, 0.25) is 0 Å². The van der Waals surface area contributed by atoms with Gasteiger partial charge in [0.05, 0.1) is 6.26 Å². The molecule has 0 fully saturated rings. The first kappa shape index (κ1) is 9.50. The molecule has 1 nitrogen and oxygen atoms in total. The Bertz CT molecular complexity index is 163. The van der Waals surface area contributed by atoms with Gasteiger partial charge in [-0.05, 0) is 6.08 Å². The standard InChI is InChI=1S/C6H6.C4H6O/c1-2-4-6-5-3-1;1-2-3-4-5/h1-6H;2-5H,1H2/b;4-3+. The van der Waals surface area contributed by atoms with Crippen molar-refractivity contribution in [1.82, 2.24) is 0 Å². The van der Waals surface area contributed by atoms with Crippen LogP contribution < -0.4 is 0 Å². The molecule has 0 amide bonds. The highest BCUT2D eigenvalue weighted by atomic mass is 16.2. The summed E-state index contributed by atoms with van der Waals surface area (Å²) in [5.74, 6) is 0. The van der Waals surface area contributed by atoms with Crippen molar-refractivity contribution in [2.24, 2.45) is 0 Å². The Morgan fingerprint density at radius 1 is 0.909 bits per heavy atom. The molecular weight excluding hydrogens is 136 g/mol. The molecule has 0 aliphatic carbocycles. The average molecular weight is 148 g/mol. The van der Waals surface area contributed by atoms with E-state index in [9.17, 15) is 0 Å². The second-order valence-corrected chi connectivity index (χ2v) is 1.73. The fourth-order valence-electron chi connectivity index (χ4n) is 0.446. The topological polar surface area (TPSA) is 20.2 Å². The van der Waals surface area contributed by atoms with Gasteiger partial charge in [0.15, 0.2) is 0 Å². The number of aliphatic hydroxyl groups is 1. The van der Waals surface area contributed by atoms with Gasteiger partial charge in [0.1, 0.15) is 0 Å². The summed E-state index contributed by atoms with van der Waals surface area (Å²) in [6, 6.07) is 12.0. The molecule has 58 valence electrons. The molecule has 0 unspecified atom stereocenters. The van der Waals surface area contributed by atoms with Gasteiger partial charge < -0.3 is 5.11 Å². The summed E-state index contributed by atoms with van der Waals surface area (Å²) < 4.78 is 0. The number of hydrogen-bond donors (Lipinski definition) is 1. The predicted molar refractivity (Wildman–Crippen MR) is 48.4 cm³/mol. The number of benzene rings is 1. The van der Waals surface area contributed by atoms with Gasteiger partial charge in [0.2, 0.25) is 0 Å². The van der Waals surface area contributed by atoms with Crippen LogP contribution in [0.25, 0.3) is 0 Å². The van der Waals surface area contributed by atoms with Crippen LogP contribution in [0.5, 0.6) is 0 Å². The van der Waals surface area contributed by atoms with Crippen LogP contribution in [0.3, 0.4) is 0 Å². The van der Waals surface area contributed by atoms with E-state index < -0.39 is 0 Å². The first-order chi connectivity index (χ1) is 5.41. The second-order valence-electron chi connectivity index (χ2n) is 1.73. The highest BCUT2D eigenvalue weighted by Crippen LogP contribution is 1.79. The minimum Gasteiger partial charge on any atom is -0.516 e. The molecule has 0 bridgehead atoms. The van der Waals surface area contributed by atoms with E-state index in [2.05, 4.69) is 6.58 Å². The fraction of sp³-hybridized carbons (Fsp3) is 0. The van der Waals surface area contributed by atoms with E-state index in [4.69, 9.17) is 5.11 Å². The molecule has 0 aromatic heterocycles. The zero-order valence-electron chi connectivity index (χ0n) is 6.35. The van der Waals surface area contributed by atoms with Crippen LogP contribution in [0.4, 0.5) is 0 Å². The van der Waals surface area contributed by atoms with Gasteiger partial charge in [-0.2, -0.15) is 0 Å². The Kier molecular flexibility index (Phi) is 7.34. The van der Waals surface area contributed by atoms with E-state index in [1.165, 1.54) is 12.2 Å². The van der Waals surface area contributed by atoms with E-state index in [1.54, 1.807) is 0 Å². The summed E-state index contributed by atoms with van der Waals surface area (Å²) in [6.45, 7) is 3.30. The van der Waals surface area contributed by atoms with Crippen LogP contribution in [0.1, 0.15) is 0 Å². The molecule has 1 N–H and O–H groups in total. The molecule has 0 atom stereocenters. The fourth-order valence-corrected chi connectivity index (χ4v) is 0.446. The van der Waals surface area contributed by atoms with Crippen molar-refractivity contribution in [3.8, 4) is 0 Å². The minimum atomic E-state index is 0.938. The van der Waals surface area contributed by atoms with Crippen LogP contribution in [-0.4, -0.2) is 5.11 Å². The molecule has 0 aliphatic rings. The third-order valence-corrected chi connectivity index (χ3v) is 0.889. The van der Waals surface area contributed by atoms with Crippen molar-refractivity contribution >= 4 is 0 Å². The Labute approximate surface area is 67.3 Å². The van der Waals surface area contributed by atoms with Gasteiger partial charge >= 0.3 is 0 Å². The van der Waals surface area contributed by atoms with Crippen molar-refractivity contribution in [1.29, 1.82) is 0 Å². The number of hydrogen-bond acceptors (Lipinski definition) is 1. The van der Waals surface area contributed by atoms with Gasteiger partial charge in [-0.3, -0.25) is 0 Å². The zero-order chi connectivity index (χ0) is 8.36. The number of allylic oxidation sites excluding steroid dienone is 2. The van der Waals surface area contributed by atoms with Crippen LogP contribution >= 0.6 is 0 Å². The van der Waals surface area contributed by atoms with E-state index in [0.717, 1.165) is 6.26 Å². The highest BCUT2D eigenvalue weighted by molar-refractivity contribution is 4.99. The Balaban J connectivity index is 0.000000187. The lowest BCUT2D eigenvalue weighted by Gasteiger charge is -1.69. The molecule has 0 saturated heterocycles. The molecule has 0 spiro atoms. The lowest BCUT2D eigenvalue weighted by Crippen LogP contribution is -1.47. The van der Waals surface area contributed by atoms with E-state index in [0.29, 0.717) is 0 Å². The van der Waals surface area contributed by atoms with Crippen molar-refractivity contribution in [3.63, 3.8) is 0 Å². The summed E-state index contributed by atoms with van der Waals surface area (Å²) in [6.07, 6.45) is 3.88. The molecule has 1 aromatic carbocycles. The maximum atomic E-state index is 7.81. The quantitative estimate of drug-likeness (QED) is 0.479. The van der Waals surface area contributed by atoms with Crippen LogP contribution in [-0.2, 0) is 0 Å². The SMILES string of the molecule is C=C/C=C/O.c1ccccc1. The van der Waals surface area contributed by atoms with Gasteiger partial charge in [0.25, 0.3) is 0 Å². The summed E-state index contributed by atoms with van der Waals surface area (Å²) in [5.41, 5.74) is 0. The molecule has 0 saturated carbocycles. The molecule has 11 heavy (non-hydrogen) atoms. The Morgan fingerprint density at radius 2 is 1.27 bits per heavy atom. The molecule has 0 radical (unpaired) electrons. The molecular formula is C10H12O. The molecule has 1 aromatic rings. The largest absolute Gasteiger partial charge is 0.516 e. The Hall–Kier alpha value is -1.50. The zero-order valence-corrected chi connectivity index (χ0v) is 6.35. The third kappa shape index (κ3) is 8.50. The third-order valence-electron chi connectivity index (χ3n) is 0.889. The summed E-state index contributed by atoms with van der Waals surface area (Å²) in [4.78, 5) is 0. The lowest BCUT2D eigenvalue weighted by atomic mass is 10.4. The first-order valence-corrected chi connectivity index (χ1v) is 3.33. The monoisotopic (exact) mass is 148 g/mol. The maximum Gasteiger partial charge on any atom is 0.0791 e. The normalized spacial score (nSPS) is 8.36. The smallest absolute Gasteiger partial charge is 0.0791 e. The van der Waals surface area contributed by atoms with E-state index in [1.807, 2.05) is 36.4 Å². The lowest BCUT2D eigenvalue weighted by molar-refractivity contribution is 0.474. The first-order valence-electron chi connectivity index (χ1n) is 3.33. The average Bonchev–Trinajstić information content (AvgIpc) is 2.10. The number of aliphatic hydroxyl groups excluding tert-OH is 1. The molecule has 0 aliphatic heterocycles. The van der Waals surface area contributed by atoms with Gasteiger partial charge in [0, 0.05) is 0 Å². The van der Waals surface area contributed by atoms with E-state index in [-0.39, 0.29) is 0 Å². The van der Waals surface area contributed by atoms with Crippen molar-refractivity contribution in [3.05, 3.63) is 61.4 Å². The molecule has 1 rings (SSSR count). The summed E-state index contributed by atoms with van der Waals surface area (Å²) in [7, 11) is 0. The van der Waals surface area contributed by atoms with Crippen molar-refractivity contribution in [2.75, 3.05) is 0 Å². The van der Waals surface area contributed by atoms with Gasteiger partial charge in [-0.1, -0.05) is 49.1 Å². The maximum absolute atomic E-state index is 7.81. The predicted octanol–water partition coefficient (Wildman–Crippen LogP) is 2.93.